The van der Waals surface area contributed by atoms with Gasteiger partial charge < -0.3 is 5.11 Å². The molecule has 1 saturated carbocycles. The fraction of sp³-hybridized carbons (Fsp3) is 1.00. The molecule has 1 fully saturated rings. The summed E-state index contributed by atoms with van der Waals surface area (Å²) in [6.45, 7) is 6.55. The standard InChI is InChI=1S/C13H27NO/c1-10-8-6-5-7-9-11(2)13(10)14(4)12(3)15/h10-13,15H,5-9H2,1-4H3. The first kappa shape index (κ1) is 13.0. The van der Waals surface area contributed by atoms with Gasteiger partial charge in [-0.3, -0.25) is 4.90 Å². The molecular weight excluding hydrogens is 186 g/mol. The van der Waals surface area contributed by atoms with E-state index in [1.54, 1.807) is 0 Å². The summed E-state index contributed by atoms with van der Waals surface area (Å²) < 4.78 is 0. The zero-order chi connectivity index (χ0) is 11.4. The predicted molar refractivity (Wildman–Crippen MR) is 64.6 cm³/mol. The normalized spacial score (nSPS) is 36.0. The molecule has 2 heteroatoms. The molecule has 1 rings (SSSR count). The molecule has 3 atom stereocenters. The summed E-state index contributed by atoms with van der Waals surface area (Å²) in [7, 11) is 2.06. The Morgan fingerprint density at radius 1 is 1.07 bits per heavy atom. The largest absolute Gasteiger partial charge is 0.379 e. The molecule has 0 bridgehead atoms. The summed E-state index contributed by atoms with van der Waals surface area (Å²) in [5.41, 5.74) is 0. The van der Waals surface area contributed by atoms with E-state index in [0.29, 0.717) is 17.9 Å². The van der Waals surface area contributed by atoms with Crippen molar-refractivity contribution in [3.63, 3.8) is 0 Å². The molecule has 0 amide bonds. The van der Waals surface area contributed by atoms with Gasteiger partial charge >= 0.3 is 0 Å². The monoisotopic (exact) mass is 213 g/mol. The van der Waals surface area contributed by atoms with E-state index in [0.717, 1.165) is 0 Å². The highest BCUT2D eigenvalue weighted by Gasteiger charge is 2.29. The van der Waals surface area contributed by atoms with Gasteiger partial charge in [0, 0.05) is 6.04 Å². The molecule has 0 aliphatic heterocycles. The Hall–Kier alpha value is -0.0800. The average Bonchev–Trinajstić information content (AvgIpc) is 2.14. The first-order valence-corrected chi connectivity index (χ1v) is 6.44. The van der Waals surface area contributed by atoms with Crippen molar-refractivity contribution in [3.8, 4) is 0 Å². The van der Waals surface area contributed by atoms with Gasteiger partial charge in [0.15, 0.2) is 0 Å². The van der Waals surface area contributed by atoms with Gasteiger partial charge in [0.2, 0.25) is 0 Å². The predicted octanol–water partition coefficient (Wildman–Crippen LogP) is 2.86. The third-order valence-corrected chi connectivity index (χ3v) is 4.04. The number of aliphatic hydroxyl groups excluding tert-OH is 1. The third-order valence-electron chi connectivity index (χ3n) is 4.04. The lowest BCUT2D eigenvalue weighted by Gasteiger charge is -2.40. The lowest BCUT2D eigenvalue weighted by molar-refractivity contribution is -0.0299. The Morgan fingerprint density at radius 2 is 1.53 bits per heavy atom. The van der Waals surface area contributed by atoms with Crippen LogP contribution in [-0.2, 0) is 0 Å². The van der Waals surface area contributed by atoms with Crippen LogP contribution in [0.15, 0.2) is 0 Å². The van der Waals surface area contributed by atoms with Gasteiger partial charge in [-0.25, -0.2) is 0 Å². The molecule has 0 aromatic carbocycles. The zero-order valence-electron chi connectivity index (χ0n) is 10.7. The fourth-order valence-corrected chi connectivity index (χ4v) is 3.06. The van der Waals surface area contributed by atoms with Crippen molar-refractivity contribution in [1.29, 1.82) is 0 Å². The van der Waals surface area contributed by atoms with Crippen LogP contribution in [0.2, 0.25) is 0 Å². The van der Waals surface area contributed by atoms with Gasteiger partial charge in [0.25, 0.3) is 0 Å². The molecule has 1 aliphatic rings. The summed E-state index contributed by atoms with van der Waals surface area (Å²) in [6, 6.07) is 0.547. The second-order valence-electron chi connectivity index (χ2n) is 5.38. The molecule has 0 aromatic rings. The number of aliphatic hydroxyl groups is 1. The van der Waals surface area contributed by atoms with Gasteiger partial charge in [-0.05, 0) is 38.6 Å². The number of nitrogens with zero attached hydrogens (tertiary/aromatic N) is 1. The minimum atomic E-state index is -0.320. The van der Waals surface area contributed by atoms with Crippen LogP contribution in [0.3, 0.4) is 0 Å². The maximum atomic E-state index is 9.70. The van der Waals surface area contributed by atoms with Crippen LogP contribution >= 0.6 is 0 Å². The van der Waals surface area contributed by atoms with Crippen molar-refractivity contribution in [2.45, 2.75) is 65.1 Å². The first-order valence-electron chi connectivity index (χ1n) is 6.44. The van der Waals surface area contributed by atoms with Crippen molar-refractivity contribution in [1.82, 2.24) is 4.90 Å². The van der Waals surface area contributed by atoms with Gasteiger partial charge in [-0.15, -0.1) is 0 Å². The number of rotatable bonds is 2. The fourth-order valence-electron chi connectivity index (χ4n) is 3.06. The third kappa shape index (κ3) is 3.46. The Labute approximate surface area is 94.7 Å². The molecular formula is C13H27NO. The topological polar surface area (TPSA) is 23.5 Å². The van der Waals surface area contributed by atoms with Crippen LogP contribution in [0.25, 0.3) is 0 Å². The van der Waals surface area contributed by atoms with Gasteiger partial charge in [-0.2, -0.15) is 0 Å². The van der Waals surface area contributed by atoms with Crippen LogP contribution in [0, 0.1) is 11.8 Å². The molecule has 0 radical (unpaired) electrons. The summed E-state index contributed by atoms with van der Waals surface area (Å²) in [6.07, 6.45) is 6.41. The second-order valence-corrected chi connectivity index (χ2v) is 5.38. The average molecular weight is 213 g/mol. The Kier molecular flexibility index (Phi) is 5.07. The van der Waals surface area contributed by atoms with E-state index in [2.05, 4.69) is 25.8 Å². The van der Waals surface area contributed by atoms with Crippen molar-refractivity contribution < 1.29 is 5.11 Å². The zero-order valence-corrected chi connectivity index (χ0v) is 10.7. The lowest BCUT2D eigenvalue weighted by atomic mass is 9.80. The van der Waals surface area contributed by atoms with Crippen molar-refractivity contribution >= 4 is 0 Å². The van der Waals surface area contributed by atoms with Crippen LogP contribution in [0.1, 0.15) is 52.9 Å². The number of hydrogen-bond donors (Lipinski definition) is 1. The Morgan fingerprint density at radius 3 is 1.93 bits per heavy atom. The van der Waals surface area contributed by atoms with Crippen molar-refractivity contribution in [2.75, 3.05) is 7.05 Å². The molecule has 0 saturated heterocycles. The Bertz CT molecular complexity index is 169. The van der Waals surface area contributed by atoms with E-state index >= 15 is 0 Å². The quantitative estimate of drug-likeness (QED) is 0.713. The van der Waals surface area contributed by atoms with E-state index in [4.69, 9.17) is 0 Å². The second kappa shape index (κ2) is 5.86. The molecule has 0 spiro atoms. The van der Waals surface area contributed by atoms with Crippen LogP contribution in [-0.4, -0.2) is 29.3 Å². The smallest absolute Gasteiger partial charge is 0.104 e. The van der Waals surface area contributed by atoms with Crippen molar-refractivity contribution in [2.24, 2.45) is 11.8 Å². The molecule has 3 unspecified atom stereocenters. The minimum absolute atomic E-state index is 0.320. The van der Waals surface area contributed by atoms with E-state index in [-0.39, 0.29) is 6.23 Å². The van der Waals surface area contributed by atoms with Gasteiger partial charge in [0.1, 0.15) is 6.23 Å². The molecule has 0 heterocycles. The SMILES string of the molecule is CC1CCCCCC(C)C1N(C)C(C)O. The molecule has 1 N–H and O–H groups in total. The van der Waals surface area contributed by atoms with E-state index in [1.807, 2.05) is 6.92 Å². The maximum absolute atomic E-state index is 9.70. The summed E-state index contributed by atoms with van der Waals surface area (Å²) in [5, 5.41) is 9.70. The molecule has 15 heavy (non-hydrogen) atoms. The van der Waals surface area contributed by atoms with E-state index in [1.165, 1.54) is 32.1 Å². The molecule has 90 valence electrons. The lowest BCUT2D eigenvalue weighted by Crippen LogP contribution is -2.46. The molecule has 2 nitrogen and oxygen atoms in total. The highest BCUT2D eigenvalue weighted by molar-refractivity contribution is 4.82. The van der Waals surface area contributed by atoms with Gasteiger partial charge in [0.05, 0.1) is 0 Å². The number of hydrogen-bond acceptors (Lipinski definition) is 2. The summed E-state index contributed by atoms with van der Waals surface area (Å²) >= 11 is 0. The highest BCUT2D eigenvalue weighted by atomic mass is 16.3. The van der Waals surface area contributed by atoms with Crippen LogP contribution < -0.4 is 0 Å². The molecule has 1 aliphatic carbocycles. The van der Waals surface area contributed by atoms with E-state index < -0.39 is 0 Å². The van der Waals surface area contributed by atoms with Crippen LogP contribution in [0.5, 0.6) is 0 Å². The maximum Gasteiger partial charge on any atom is 0.104 e. The minimum Gasteiger partial charge on any atom is -0.379 e. The van der Waals surface area contributed by atoms with Gasteiger partial charge in [-0.1, -0.05) is 33.1 Å². The summed E-state index contributed by atoms with van der Waals surface area (Å²) in [4.78, 5) is 2.15. The summed E-state index contributed by atoms with van der Waals surface area (Å²) in [5.74, 6) is 1.42. The molecule has 0 aromatic heterocycles. The Balaban J connectivity index is 2.68. The van der Waals surface area contributed by atoms with Crippen molar-refractivity contribution in [3.05, 3.63) is 0 Å². The highest BCUT2D eigenvalue weighted by Crippen LogP contribution is 2.30. The van der Waals surface area contributed by atoms with E-state index in [9.17, 15) is 5.11 Å². The van der Waals surface area contributed by atoms with Crippen LogP contribution in [0.4, 0.5) is 0 Å². The first-order chi connectivity index (χ1) is 7.04.